The highest BCUT2D eigenvalue weighted by atomic mass is 32.2. The quantitative estimate of drug-likeness (QED) is 0.892. The van der Waals surface area contributed by atoms with Crippen LogP contribution in [0.15, 0.2) is 18.2 Å². The first kappa shape index (κ1) is 16.8. The molecule has 1 unspecified atom stereocenters. The van der Waals surface area contributed by atoms with Gasteiger partial charge in [-0.15, -0.1) is 0 Å². The molecule has 5 nitrogen and oxygen atoms in total. The summed E-state index contributed by atoms with van der Waals surface area (Å²) in [6.07, 6.45) is -2.28. The largest absolute Gasteiger partial charge is 0.377 e. The van der Waals surface area contributed by atoms with E-state index in [1.807, 2.05) is 0 Å². The molecule has 0 saturated carbocycles. The maximum atomic E-state index is 13.1. The van der Waals surface area contributed by atoms with Crippen LogP contribution in [0.25, 0.3) is 0 Å². The second kappa shape index (κ2) is 6.66. The van der Waals surface area contributed by atoms with Crippen LogP contribution >= 0.6 is 0 Å². The van der Waals surface area contributed by atoms with Gasteiger partial charge in [0.1, 0.15) is 5.82 Å². The molecule has 1 atom stereocenters. The maximum absolute atomic E-state index is 13.1. The van der Waals surface area contributed by atoms with Crippen LogP contribution < -0.4 is 4.72 Å². The normalized spacial score (nSPS) is 18.6. The minimum atomic E-state index is -3.96. The van der Waals surface area contributed by atoms with Crippen LogP contribution in [0.4, 0.5) is 13.2 Å². The molecule has 1 fully saturated rings. The topological polar surface area (TPSA) is 72.5 Å². The van der Waals surface area contributed by atoms with Crippen LogP contribution in [0.5, 0.6) is 0 Å². The lowest BCUT2D eigenvalue weighted by Crippen LogP contribution is -2.36. The summed E-state index contributed by atoms with van der Waals surface area (Å²) in [5, 5.41) is 0. The number of halogens is 3. The van der Waals surface area contributed by atoms with E-state index in [9.17, 15) is 26.4 Å². The Balaban J connectivity index is 2.09. The first-order chi connectivity index (χ1) is 10.3. The Morgan fingerprint density at radius 3 is 2.73 bits per heavy atom. The van der Waals surface area contributed by atoms with Crippen molar-refractivity contribution < 1.29 is 31.1 Å². The number of ether oxygens (including phenoxy) is 1. The van der Waals surface area contributed by atoms with Gasteiger partial charge < -0.3 is 4.74 Å². The highest BCUT2D eigenvalue weighted by Gasteiger charge is 2.25. The molecule has 9 heteroatoms. The number of sulfonamides is 1. The van der Waals surface area contributed by atoms with Crippen LogP contribution in [-0.4, -0.2) is 32.8 Å². The van der Waals surface area contributed by atoms with Gasteiger partial charge in [0.2, 0.25) is 10.0 Å². The molecule has 0 aromatic heterocycles. The average Bonchev–Trinajstić information content (AvgIpc) is 2.90. The molecule has 1 amide bonds. The summed E-state index contributed by atoms with van der Waals surface area (Å²) in [6.45, 7) is 0.462. The number of rotatable bonds is 5. The number of hydrogen-bond acceptors (Lipinski definition) is 4. The summed E-state index contributed by atoms with van der Waals surface area (Å²) in [5.41, 5.74) is -1.31. The van der Waals surface area contributed by atoms with Crippen molar-refractivity contribution in [3.63, 3.8) is 0 Å². The molecule has 0 aliphatic carbocycles. The molecular weight excluding hydrogens is 323 g/mol. The van der Waals surface area contributed by atoms with Crippen molar-refractivity contribution in [3.05, 3.63) is 35.1 Å². The molecule has 1 aliphatic rings. The van der Waals surface area contributed by atoms with E-state index >= 15 is 0 Å². The number of benzene rings is 1. The lowest BCUT2D eigenvalue weighted by molar-refractivity contribution is 0.0979. The molecular formula is C13H14F3NO4S. The Bertz CT molecular complexity index is 657. The van der Waals surface area contributed by atoms with E-state index in [2.05, 4.69) is 0 Å². The van der Waals surface area contributed by atoms with Gasteiger partial charge in [-0.2, -0.15) is 0 Å². The van der Waals surface area contributed by atoms with E-state index < -0.39 is 39.8 Å². The molecule has 1 aliphatic heterocycles. The van der Waals surface area contributed by atoms with E-state index in [4.69, 9.17) is 4.74 Å². The summed E-state index contributed by atoms with van der Waals surface area (Å²) in [5.74, 6) is -2.63. The van der Waals surface area contributed by atoms with Gasteiger partial charge in [0.05, 0.1) is 17.4 Å². The summed E-state index contributed by atoms with van der Waals surface area (Å²) in [7, 11) is -3.96. The molecule has 1 heterocycles. The Morgan fingerprint density at radius 2 is 2.14 bits per heavy atom. The summed E-state index contributed by atoms with van der Waals surface area (Å²) < 4.78 is 68.9. The number of carbonyl (C=O) groups excluding carboxylic acids is 1. The second-order valence-electron chi connectivity index (χ2n) is 4.88. The lowest BCUT2D eigenvalue weighted by atomic mass is 10.1. The predicted octanol–water partition coefficient (Wildman–Crippen LogP) is 2.00. The number of carbonyl (C=O) groups is 1. The molecule has 122 valence electrons. The van der Waals surface area contributed by atoms with Gasteiger partial charge in [0, 0.05) is 12.2 Å². The lowest BCUT2D eigenvalue weighted by Gasteiger charge is -2.11. The molecule has 2 rings (SSSR count). The smallest absolute Gasteiger partial charge is 0.266 e. The highest BCUT2D eigenvalue weighted by molar-refractivity contribution is 7.90. The van der Waals surface area contributed by atoms with Gasteiger partial charge >= 0.3 is 0 Å². The zero-order valence-corrected chi connectivity index (χ0v) is 12.2. The van der Waals surface area contributed by atoms with Crippen molar-refractivity contribution in [2.45, 2.75) is 25.4 Å². The number of nitrogens with one attached hydrogen (secondary N) is 1. The summed E-state index contributed by atoms with van der Waals surface area (Å²) in [4.78, 5) is 11.8. The van der Waals surface area contributed by atoms with E-state index in [0.717, 1.165) is 12.5 Å². The van der Waals surface area contributed by atoms with Gasteiger partial charge in [-0.05, 0) is 31.0 Å². The van der Waals surface area contributed by atoms with E-state index in [0.29, 0.717) is 25.2 Å². The van der Waals surface area contributed by atoms with E-state index in [1.165, 1.54) is 0 Å². The van der Waals surface area contributed by atoms with Crippen LogP contribution in [0, 0.1) is 5.82 Å². The Hall–Kier alpha value is -1.61. The minimum absolute atomic E-state index is 0.354. The van der Waals surface area contributed by atoms with E-state index in [-0.39, 0.29) is 11.3 Å². The van der Waals surface area contributed by atoms with Gasteiger partial charge in [0.25, 0.3) is 12.3 Å². The van der Waals surface area contributed by atoms with Gasteiger partial charge in [0.15, 0.2) is 0 Å². The first-order valence-corrected chi connectivity index (χ1v) is 8.18. The SMILES string of the molecule is O=C(NS(=O)(=O)CC1CCCO1)c1ccc(F)c(C(F)F)c1. The third-order valence-corrected chi connectivity index (χ3v) is 4.48. The van der Waals surface area contributed by atoms with Crippen molar-refractivity contribution in [1.29, 1.82) is 0 Å². The van der Waals surface area contributed by atoms with Crippen LogP contribution in [0.2, 0.25) is 0 Å². The van der Waals surface area contributed by atoms with Crippen molar-refractivity contribution in [3.8, 4) is 0 Å². The first-order valence-electron chi connectivity index (χ1n) is 6.52. The summed E-state index contributed by atoms with van der Waals surface area (Å²) in [6, 6.07) is 2.28. The molecule has 1 N–H and O–H groups in total. The van der Waals surface area contributed by atoms with Crippen molar-refractivity contribution in [1.82, 2.24) is 4.72 Å². The fourth-order valence-electron chi connectivity index (χ4n) is 2.11. The van der Waals surface area contributed by atoms with Gasteiger partial charge in [-0.1, -0.05) is 0 Å². The maximum Gasteiger partial charge on any atom is 0.266 e. The van der Waals surface area contributed by atoms with E-state index in [1.54, 1.807) is 4.72 Å². The third-order valence-electron chi connectivity index (χ3n) is 3.17. The molecule has 1 aromatic rings. The van der Waals surface area contributed by atoms with Gasteiger partial charge in [-0.3, -0.25) is 4.79 Å². The standard InChI is InChI=1S/C13H14F3NO4S/c14-11-4-3-8(6-10(11)12(15)16)13(18)17-22(19,20)7-9-2-1-5-21-9/h3-4,6,9,12H,1-2,5,7H2,(H,17,18). The molecule has 1 aromatic carbocycles. The number of hydrogen-bond donors (Lipinski definition) is 1. The molecule has 0 radical (unpaired) electrons. The Kier molecular flexibility index (Phi) is 5.07. The van der Waals surface area contributed by atoms with Crippen molar-refractivity contribution in [2.75, 3.05) is 12.4 Å². The second-order valence-corrected chi connectivity index (χ2v) is 6.65. The molecule has 22 heavy (non-hydrogen) atoms. The molecule has 1 saturated heterocycles. The fourth-order valence-corrected chi connectivity index (χ4v) is 3.35. The average molecular weight is 337 g/mol. The van der Waals surface area contributed by atoms with Crippen molar-refractivity contribution in [2.24, 2.45) is 0 Å². The van der Waals surface area contributed by atoms with Crippen LogP contribution in [-0.2, 0) is 14.8 Å². The number of alkyl halides is 2. The number of amides is 1. The Labute approximate surface area is 125 Å². The fraction of sp³-hybridized carbons (Fsp3) is 0.462. The summed E-state index contributed by atoms with van der Waals surface area (Å²) >= 11 is 0. The molecule has 0 spiro atoms. The zero-order chi connectivity index (χ0) is 16.3. The predicted molar refractivity (Wildman–Crippen MR) is 71.6 cm³/mol. The Morgan fingerprint density at radius 1 is 1.41 bits per heavy atom. The highest BCUT2D eigenvalue weighted by Crippen LogP contribution is 2.23. The van der Waals surface area contributed by atoms with Crippen LogP contribution in [0.3, 0.4) is 0 Å². The van der Waals surface area contributed by atoms with Crippen LogP contribution in [0.1, 0.15) is 35.2 Å². The van der Waals surface area contributed by atoms with Gasteiger partial charge in [-0.25, -0.2) is 26.3 Å². The third kappa shape index (κ3) is 4.20. The monoisotopic (exact) mass is 337 g/mol. The molecule has 0 bridgehead atoms. The zero-order valence-electron chi connectivity index (χ0n) is 11.4. The van der Waals surface area contributed by atoms with Crippen molar-refractivity contribution >= 4 is 15.9 Å². The minimum Gasteiger partial charge on any atom is -0.377 e.